The summed E-state index contributed by atoms with van der Waals surface area (Å²) in [6.45, 7) is 5.09. The number of rotatable bonds is 7. The fourth-order valence-electron chi connectivity index (χ4n) is 4.00. The molecule has 0 aliphatic carbocycles. The van der Waals surface area contributed by atoms with E-state index in [0.717, 1.165) is 60.3 Å². The van der Waals surface area contributed by atoms with Crippen LogP contribution in [0.1, 0.15) is 42.0 Å². The minimum Gasteiger partial charge on any atom is -0.371 e. The number of para-hydroxylation sites is 2. The number of hydrogen-bond donors (Lipinski definition) is 1. The molecule has 0 saturated heterocycles. The molecule has 4 aromatic rings. The van der Waals surface area contributed by atoms with Crippen molar-refractivity contribution in [2.24, 2.45) is 0 Å². The Morgan fingerprint density at radius 3 is 2.55 bits per heavy atom. The molecule has 4 rings (SSSR count). The Bertz CT molecular complexity index is 1180. The lowest BCUT2D eigenvalue weighted by atomic mass is 9.99. The zero-order valence-electron chi connectivity index (χ0n) is 17.1. The van der Waals surface area contributed by atoms with Crippen molar-refractivity contribution >= 4 is 22.5 Å². The van der Waals surface area contributed by atoms with Gasteiger partial charge in [0, 0.05) is 6.54 Å². The summed E-state index contributed by atoms with van der Waals surface area (Å²) in [4.78, 5) is 4.80. The lowest BCUT2D eigenvalue weighted by molar-refractivity contribution is 0.786. The van der Waals surface area contributed by atoms with Crippen LogP contribution in [0, 0.1) is 18.3 Å². The fraction of sp³-hybridized carbons (Fsp3) is 0.280. The first-order valence-corrected chi connectivity index (χ1v) is 10.3. The van der Waals surface area contributed by atoms with E-state index in [1.807, 2.05) is 24.3 Å². The third kappa shape index (κ3) is 3.56. The van der Waals surface area contributed by atoms with Crippen LogP contribution >= 0.6 is 0 Å². The maximum atomic E-state index is 9.88. The molecule has 0 saturated carbocycles. The second-order valence-electron chi connectivity index (χ2n) is 7.46. The predicted octanol–water partition coefficient (Wildman–Crippen LogP) is 5.66. The summed E-state index contributed by atoms with van der Waals surface area (Å²) in [6.07, 6.45) is 4.11. The van der Waals surface area contributed by atoms with Crippen LogP contribution in [0.15, 0.2) is 54.6 Å². The number of nitrogens with one attached hydrogen (secondary N) is 1. The van der Waals surface area contributed by atoms with E-state index >= 15 is 0 Å². The van der Waals surface area contributed by atoms with Crippen molar-refractivity contribution in [3.8, 4) is 6.07 Å². The molecule has 2 aromatic carbocycles. The number of aromatic nitrogens is 2. The van der Waals surface area contributed by atoms with Crippen LogP contribution in [0.5, 0.6) is 0 Å². The molecule has 0 fully saturated rings. The van der Waals surface area contributed by atoms with E-state index in [1.54, 1.807) is 0 Å². The highest BCUT2D eigenvalue weighted by atomic mass is 15.1. The van der Waals surface area contributed by atoms with Crippen molar-refractivity contribution in [2.75, 3.05) is 11.9 Å². The number of unbranched alkanes of at least 4 members (excludes halogenated alkanes) is 1. The topological polar surface area (TPSA) is 53.1 Å². The molecule has 146 valence electrons. The number of fused-ring (bicyclic) bond motifs is 3. The van der Waals surface area contributed by atoms with Crippen molar-refractivity contribution in [1.82, 2.24) is 9.38 Å². The van der Waals surface area contributed by atoms with Crippen LogP contribution in [-0.2, 0) is 12.8 Å². The standard InChI is InChI=1S/C25H26N4/c1-3-4-12-20-18(2)21(17-26)25-28-22-13-8-9-14-23(22)29(25)24(20)27-16-15-19-10-6-5-7-11-19/h5-11,13-14,27H,3-4,12,15-16H2,1-2H3. The molecule has 29 heavy (non-hydrogen) atoms. The highest BCUT2D eigenvalue weighted by Gasteiger charge is 2.20. The summed E-state index contributed by atoms with van der Waals surface area (Å²) in [5.74, 6) is 1.08. The van der Waals surface area contributed by atoms with Gasteiger partial charge in [-0.3, -0.25) is 4.40 Å². The minimum absolute atomic E-state index is 0.681. The smallest absolute Gasteiger partial charge is 0.157 e. The van der Waals surface area contributed by atoms with Crippen molar-refractivity contribution in [3.63, 3.8) is 0 Å². The average molecular weight is 383 g/mol. The molecular weight excluding hydrogens is 356 g/mol. The maximum absolute atomic E-state index is 9.88. The zero-order valence-corrected chi connectivity index (χ0v) is 17.1. The van der Waals surface area contributed by atoms with Gasteiger partial charge >= 0.3 is 0 Å². The zero-order chi connectivity index (χ0) is 20.2. The van der Waals surface area contributed by atoms with Crippen LogP contribution < -0.4 is 5.32 Å². The monoisotopic (exact) mass is 382 g/mol. The van der Waals surface area contributed by atoms with Crippen molar-refractivity contribution in [3.05, 3.63) is 76.9 Å². The Hall–Kier alpha value is -3.32. The highest BCUT2D eigenvalue weighted by molar-refractivity contribution is 5.86. The van der Waals surface area contributed by atoms with Crippen molar-refractivity contribution < 1.29 is 0 Å². The molecule has 0 spiro atoms. The second-order valence-corrected chi connectivity index (χ2v) is 7.46. The van der Waals surface area contributed by atoms with Gasteiger partial charge in [-0.1, -0.05) is 55.8 Å². The van der Waals surface area contributed by atoms with Gasteiger partial charge in [0.05, 0.1) is 16.6 Å². The van der Waals surface area contributed by atoms with E-state index in [9.17, 15) is 5.26 Å². The van der Waals surface area contributed by atoms with Crippen LogP contribution in [0.25, 0.3) is 16.7 Å². The highest BCUT2D eigenvalue weighted by Crippen LogP contribution is 2.32. The van der Waals surface area contributed by atoms with Gasteiger partial charge in [-0.2, -0.15) is 5.26 Å². The molecular formula is C25H26N4. The van der Waals surface area contributed by atoms with E-state index in [-0.39, 0.29) is 0 Å². The van der Waals surface area contributed by atoms with Crippen molar-refractivity contribution in [1.29, 1.82) is 5.26 Å². The number of anilines is 1. The SMILES string of the molecule is CCCCc1c(C)c(C#N)c2nc3ccccc3n2c1NCCc1ccccc1. The lowest BCUT2D eigenvalue weighted by Gasteiger charge is -2.19. The Morgan fingerprint density at radius 2 is 1.79 bits per heavy atom. The first-order chi connectivity index (χ1) is 14.2. The average Bonchev–Trinajstić information content (AvgIpc) is 3.13. The number of benzene rings is 2. The van der Waals surface area contributed by atoms with Crippen LogP contribution in [-0.4, -0.2) is 15.9 Å². The number of hydrogen-bond acceptors (Lipinski definition) is 3. The molecule has 1 N–H and O–H groups in total. The van der Waals surface area contributed by atoms with Gasteiger partial charge in [0.1, 0.15) is 11.9 Å². The Kier molecular flexibility index (Phi) is 5.48. The summed E-state index contributed by atoms with van der Waals surface area (Å²) in [5, 5.41) is 13.6. The Balaban J connectivity index is 1.85. The van der Waals surface area contributed by atoms with Gasteiger partial charge in [-0.05, 0) is 55.0 Å². The quantitative estimate of drug-likeness (QED) is 0.448. The van der Waals surface area contributed by atoms with E-state index in [4.69, 9.17) is 4.98 Å². The number of imidazole rings is 1. The number of nitrogens with zero attached hydrogens (tertiary/aromatic N) is 3. The van der Waals surface area contributed by atoms with Gasteiger partial charge in [0.2, 0.25) is 0 Å². The van der Waals surface area contributed by atoms with E-state index in [1.165, 1.54) is 11.1 Å². The molecule has 0 bridgehead atoms. The summed E-state index contributed by atoms with van der Waals surface area (Å²) < 4.78 is 2.15. The normalized spacial score (nSPS) is 11.1. The van der Waals surface area contributed by atoms with Gasteiger partial charge < -0.3 is 5.32 Å². The van der Waals surface area contributed by atoms with Gasteiger partial charge in [0.25, 0.3) is 0 Å². The lowest BCUT2D eigenvalue weighted by Crippen LogP contribution is -2.13. The predicted molar refractivity (Wildman–Crippen MR) is 119 cm³/mol. The Labute approximate surface area is 171 Å². The molecule has 4 heteroatoms. The van der Waals surface area contributed by atoms with Crippen LogP contribution in [0.2, 0.25) is 0 Å². The maximum Gasteiger partial charge on any atom is 0.157 e. The van der Waals surface area contributed by atoms with E-state index < -0.39 is 0 Å². The molecule has 2 aromatic heterocycles. The third-order valence-corrected chi connectivity index (χ3v) is 5.56. The molecule has 0 unspecified atom stereocenters. The molecule has 0 aliphatic rings. The molecule has 0 atom stereocenters. The molecule has 4 nitrogen and oxygen atoms in total. The fourth-order valence-corrected chi connectivity index (χ4v) is 4.00. The summed E-state index contributed by atoms with van der Waals surface area (Å²) in [5.41, 5.74) is 6.97. The van der Waals surface area contributed by atoms with E-state index in [2.05, 4.69) is 60.0 Å². The second kappa shape index (κ2) is 8.36. The Morgan fingerprint density at radius 1 is 1.03 bits per heavy atom. The summed E-state index contributed by atoms with van der Waals surface area (Å²) in [7, 11) is 0. The van der Waals surface area contributed by atoms with Crippen LogP contribution in [0.3, 0.4) is 0 Å². The van der Waals surface area contributed by atoms with E-state index in [0.29, 0.717) is 5.56 Å². The first-order valence-electron chi connectivity index (χ1n) is 10.3. The largest absolute Gasteiger partial charge is 0.371 e. The first kappa shape index (κ1) is 19.0. The molecule has 2 heterocycles. The summed E-state index contributed by atoms with van der Waals surface area (Å²) >= 11 is 0. The number of pyridine rings is 1. The number of nitriles is 1. The van der Waals surface area contributed by atoms with Gasteiger partial charge in [0.15, 0.2) is 5.65 Å². The molecule has 0 amide bonds. The molecule has 0 radical (unpaired) electrons. The minimum atomic E-state index is 0.681. The van der Waals surface area contributed by atoms with Gasteiger partial charge in [-0.15, -0.1) is 0 Å². The molecule has 0 aliphatic heterocycles. The third-order valence-electron chi connectivity index (χ3n) is 5.56. The van der Waals surface area contributed by atoms with Crippen molar-refractivity contribution in [2.45, 2.75) is 39.5 Å². The van der Waals surface area contributed by atoms with Crippen LogP contribution in [0.4, 0.5) is 5.82 Å². The summed E-state index contributed by atoms with van der Waals surface area (Å²) in [6, 6.07) is 21.1. The van der Waals surface area contributed by atoms with Gasteiger partial charge in [-0.25, -0.2) is 4.98 Å².